The van der Waals surface area contributed by atoms with E-state index in [0.717, 1.165) is 51.4 Å². The highest BCUT2D eigenvalue weighted by Gasteiger charge is 2.44. The number of esters is 2. The average Bonchev–Trinajstić information content (AvgIpc) is 3.15. The zero-order chi connectivity index (χ0) is 38.8. The molecular formula is C43H80O10. The highest BCUT2D eigenvalue weighted by atomic mass is 16.7. The van der Waals surface area contributed by atoms with Crippen molar-refractivity contribution >= 4 is 11.9 Å². The minimum Gasteiger partial charge on any atom is -0.462 e. The maximum atomic E-state index is 12.7. The van der Waals surface area contributed by atoms with Crippen LogP contribution in [0, 0.1) is 0 Å². The molecule has 1 rings (SSSR count). The summed E-state index contributed by atoms with van der Waals surface area (Å²) in [5.41, 5.74) is 0. The summed E-state index contributed by atoms with van der Waals surface area (Å²) in [5.74, 6) is -0.804. The van der Waals surface area contributed by atoms with Gasteiger partial charge in [0.05, 0.1) is 13.2 Å². The fourth-order valence-electron chi connectivity index (χ4n) is 6.65. The number of rotatable bonds is 36. The van der Waals surface area contributed by atoms with Crippen LogP contribution in [0.15, 0.2) is 12.2 Å². The van der Waals surface area contributed by atoms with Gasteiger partial charge in [-0.1, -0.05) is 154 Å². The zero-order valence-corrected chi connectivity index (χ0v) is 33.8. The third kappa shape index (κ3) is 26.8. The normalized spacial score (nSPS) is 20.9. The third-order valence-corrected chi connectivity index (χ3v) is 10.2. The third-order valence-electron chi connectivity index (χ3n) is 10.2. The Balaban J connectivity index is 2.34. The van der Waals surface area contributed by atoms with Crippen molar-refractivity contribution in [1.29, 1.82) is 0 Å². The lowest BCUT2D eigenvalue weighted by Gasteiger charge is -2.39. The molecule has 1 fully saturated rings. The van der Waals surface area contributed by atoms with E-state index >= 15 is 0 Å². The lowest BCUT2D eigenvalue weighted by Crippen LogP contribution is -2.59. The van der Waals surface area contributed by atoms with Crippen LogP contribution in [-0.2, 0) is 28.5 Å². The number of carbonyl (C=O) groups excluding carboxylic acids is 2. The maximum absolute atomic E-state index is 12.7. The van der Waals surface area contributed by atoms with Gasteiger partial charge in [0.25, 0.3) is 0 Å². The number of carbonyl (C=O) groups is 2. The molecule has 0 spiro atoms. The average molecular weight is 757 g/mol. The summed E-state index contributed by atoms with van der Waals surface area (Å²) in [7, 11) is 0. The van der Waals surface area contributed by atoms with E-state index in [2.05, 4.69) is 26.0 Å². The Morgan fingerprint density at radius 3 is 1.49 bits per heavy atom. The van der Waals surface area contributed by atoms with Gasteiger partial charge >= 0.3 is 11.9 Å². The number of aliphatic hydroxyl groups is 4. The summed E-state index contributed by atoms with van der Waals surface area (Å²) in [6.07, 6.45) is 27.8. The first kappa shape index (κ1) is 49.5. The van der Waals surface area contributed by atoms with Crippen LogP contribution in [-0.4, -0.2) is 89.0 Å². The number of hydrogen-bond acceptors (Lipinski definition) is 10. The zero-order valence-electron chi connectivity index (χ0n) is 33.8. The molecule has 1 saturated heterocycles. The van der Waals surface area contributed by atoms with Gasteiger partial charge in [0.15, 0.2) is 12.4 Å². The molecule has 0 aliphatic carbocycles. The molecule has 1 aliphatic rings. The van der Waals surface area contributed by atoms with Crippen molar-refractivity contribution in [3.05, 3.63) is 12.2 Å². The Morgan fingerprint density at radius 1 is 0.566 bits per heavy atom. The molecule has 10 heteroatoms. The number of allylic oxidation sites excluding steroid dienone is 2. The number of aliphatic hydroxyl groups excluding tert-OH is 4. The van der Waals surface area contributed by atoms with E-state index in [4.69, 9.17) is 18.9 Å². The molecule has 1 aliphatic heterocycles. The van der Waals surface area contributed by atoms with Gasteiger partial charge in [-0.05, 0) is 38.5 Å². The Labute approximate surface area is 322 Å². The summed E-state index contributed by atoms with van der Waals surface area (Å²) < 4.78 is 22.1. The Morgan fingerprint density at radius 2 is 1.00 bits per heavy atom. The summed E-state index contributed by atoms with van der Waals surface area (Å²) >= 11 is 0. The molecule has 312 valence electrons. The van der Waals surface area contributed by atoms with Crippen molar-refractivity contribution in [2.75, 3.05) is 19.8 Å². The molecule has 4 N–H and O–H groups in total. The van der Waals surface area contributed by atoms with Crippen LogP contribution in [0.2, 0.25) is 0 Å². The summed E-state index contributed by atoms with van der Waals surface area (Å²) in [6, 6.07) is 0. The number of ether oxygens (including phenoxy) is 4. The van der Waals surface area contributed by atoms with Crippen molar-refractivity contribution in [3.63, 3.8) is 0 Å². The Kier molecular flexibility index (Phi) is 32.6. The standard InChI is InChI=1S/C43H80O10/c1-3-5-7-9-11-13-15-17-18-20-21-23-25-27-29-31-38(45)50-34-36(35-51-43-42(49)41(48)40(47)37(33-44)53-43)52-39(46)32-30-28-26-24-22-19-16-14-12-10-8-6-4-2/h13,15,36-37,40-44,47-49H,3-12,14,16-35H2,1-2H3/b15-13+/t36-,37-,40+,41?,42?,43-/m0/s1. The second-order valence-corrected chi connectivity index (χ2v) is 15.2. The molecule has 0 aromatic carbocycles. The van der Waals surface area contributed by atoms with E-state index in [0.29, 0.717) is 6.42 Å². The van der Waals surface area contributed by atoms with Crippen LogP contribution in [0.1, 0.15) is 194 Å². The summed E-state index contributed by atoms with van der Waals surface area (Å²) in [5, 5.41) is 40.0. The molecular weight excluding hydrogens is 676 g/mol. The van der Waals surface area contributed by atoms with Gasteiger partial charge in [-0.3, -0.25) is 9.59 Å². The SMILES string of the molecule is CCCCCC/C=C/CCCCCCCCCC(=O)OC[C@@H](CO[C@H]1O[C@@H](CO)[C@@H](O)C(O)C1O)OC(=O)CCCCCCCCCCCCCCC. The van der Waals surface area contributed by atoms with Crippen LogP contribution < -0.4 is 0 Å². The van der Waals surface area contributed by atoms with Gasteiger partial charge in [0.1, 0.15) is 31.0 Å². The Hall–Kier alpha value is -1.56. The van der Waals surface area contributed by atoms with Gasteiger partial charge in [0.2, 0.25) is 0 Å². The molecule has 0 saturated carbocycles. The molecule has 1 heterocycles. The summed E-state index contributed by atoms with van der Waals surface area (Å²) in [4.78, 5) is 25.3. The lowest BCUT2D eigenvalue weighted by molar-refractivity contribution is -0.305. The quantitative estimate of drug-likeness (QED) is 0.0277. The van der Waals surface area contributed by atoms with Crippen LogP contribution in [0.4, 0.5) is 0 Å². The summed E-state index contributed by atoms with van der Waals surface area (Å²) in [6.45, 7) is 3.41. The predicted molar refractivity (Wildman–Crippen MR) is 210 cm³/mol. The van der Waals surface area contributed by atoms with E-state index < -0.39 is 49.4 Å². The van der Waals surface area contributed by atoms with Crippen molar-refractivity contribution in [2.24, 2.45) is 0 Å². The van der Waals surface area contributed by atoms with E-state index in [1.54, 1.807) is 0 Å². The van der Waals surface area contributed by atoms with Gasteiger partial charge in [0, 0.05) is 12.8 Å². The molecule has 0 radical (unpaired) electrons. The largest absolute Gasteiger partial charge is 0.462 e. The first-order valence-electron chi connectivity index (χ1n) is 21.8. The topological polar surface area (TPSA) is 152 Å². The van der Waals surface area contributed by atoms with Gasteiger partial charge in [-0.25, -0.2) is 0 Å². The number of unbranched alkanes of at least 4 members (excludes halogenated alkanes) is 23. The minimum atomic E-state index is -1.59. The van der Waals surface area contributed by atoms with Crippen LogP contribution in [0.5, 0.6) is 0 Å². The van der Waals surface area contributed by atoms with Crippen LogP contribution in [0.3, 0.4) is 0 Å². The molecule has 10 nitrogen and oxygen atoms in total. The second-order valence-electron chi connectivity index (χ2n) is 15.2. The minimum absolute atomic E-state index is 0.214. The molecule has 53 heavy (non-hydrogen) atoms. The second kappa shape index (κ2) is 34.9. The fourth-order valence-corrected chi connectivity index (χ4v) is 6.65. The molecule has 0 bridgehead atoms. The molecule has 2 unspecified atom stereocenters. The smallest absolute Gasteiger partial charge is 0.306 e. The van der Waals surface area contributed by atoms with Gasteiger partial charge in [-0.2, -0.15) is 0 Å². The van der Waals surface area contributed by atoms with Crippen LogP contribution >= 0.6 is 0 Å². The van der Waals surface area contributed by atoms with Gasteiger partial charge in [-0.15, -0.1) is 0 Å². The Bertz CT molecular complexity index is 881. The predicted octanol–water partition coefficient (Wildman–Crippen LogP) is 8.78. The molecule has 0 aromatic rings. The van der Waals surface area contributed by atoms with Crippen molar-refractivity contribution in [3.8, 4) is 0 Å². The van der Waals surface area contributed by atoms with Crippen LogP contribution in [0.25, 0.3) is 0 Å². The molecule has 0 aromatic heterocycles. The lowest BCUT2D eigenvalue weighted by atomic mass is 9.99. The van der Waals surface area contributed by atoms with Crippen molar-refractivity contribution < 1.29 is 49.0 Å². The molecule has 0 amide bonds. The first-order valence-corrected chi connectivity index (χ1v) is 21.8. The molecule has 6 atom stereocenters. The van der Waals surface area contributed by atoms with Crippen molar-refractivity contribution in [1.82, 2.24) is 0 Å². The maximum Gasteiger partial charge on any atom is 0.306 e. The van der Waals surface area contributed by atoms with E-state index in [-0.39, 0.29) is 32.0 Å². The fraction of sp³-hybridized carbons (Fsp3) is 0.907. The van der Waals surface area contributed by atoms with E-state index in [1.807, 2.05) is 0 Å². The van der Waals surface area contributed by atoms with E-state index in [1.165, 1.54) is 109 Å². The monoisotopic (exact) mass is 757 g/mol. The van der Waals surface area contributed by atoms with E-state index in [9.17, 15) is 30.0 Å². The number of hydrogen-bond donors (Lipinski definition) is 4. The van der Waals surface area contributed by atoms with Crippen molar-refractivity contribution in [2.45, 2.75) is 230 Å². The highest BCUT2D eigenvalue weighted by molar-refractivity contribution is 5.70. The highest BCUT2D eigenvalue weighted by Crippen LogP contribution is 2.23. The van der Waals surface area contributed by atoms with Gasteiger partial charge < -0.3 is 39.4 Å². The first-order chi connectivity index (χ1) is 25.8.